The van der Waals surface area contributed by atoms with E-state index in [0.717, 1.165) is 24.3 Å². The quantitative estimate of drug-likeness (QED) is 0.314. The third kappa shape index (κ3) is 5.74. The number of nitrogens with zero attached hydrogens (tertiary/aromatic N) is 3. The number of carbonyl (C=O) groups is 1. The molecular formula is C25H23F3N6O2. The number of ether oxygens (including phenoxy) is 1. The first-order chi connectivity index (χ1) is 17.0. The zero-order valence-electron chi connectivity index (χ0n) is 19.6. The van der Waals surface area contributed by atoms with Crippen LogP contribution in [0.15, 0.2) is 60.8 Å². The average molecular weight is 496 g/mol. The second-order valence-electron chi connectivity index (χ2n) is 8.94. The number of hydrogen-bond acceptors (Lipinski definition) is 5. The molecule has 186 valence electrons. The molecule has 0 aliphatic carbocycles. The van der Waals surface area contributed by atoms with Crippen LogP contribution in [0.25, 0.3) is 5.69 Å². The molecule has 4 rings (SSSR count). The van der Waals surface area contributed by atoms with E-state index in [1.807, 2.05) is 20.8 Å². The summed E-state index contributed by atoms with van der Waals surface area (Å²) < 4.78 is 49.1. The number of nitrogens with two attached hydrogens (primary N) is 1. The van der Waals surface area contributed by atoms with Gasteiger partial charge >= 0.3 is 6.03 Å². The maximum absolute atomic E-state index is 14.7. The number of benzene rings is 2. The Balaban J connectivity index is 1.54. The molecule has 11 heteroatoms. The Labute approximate surface area is 204 Å². The maximum atomic E-state index is 14.7. The van der Waals surface area contributed by atoms with Gasteiger partial charge < -0.3 is 15.8 Å². The molecule has 2 aromatic heterocycles. The Morgan fingerprint density at radius 3 is 2.28 bits per heavy atom. The molecule has 36 heavy (non-hydrogen) atoms. The topological polar surface area (TPSA) is 107 Å². The smallest absolute Gasteiger partial charge is 0.324 e. The lowest BCUT2D eigenvalue weighted by Gasteiger charge is -2.14. The first kappa shape index (κ1) is 24.6. The lowest BCUT2D eigenvalue weighted by Crippen LogP contribution is -2.22. The molecule has 0 aliphatic rings. The highest BCUT2D eigenvalue weighted by Crippen LogP contribution is 2.28. The van der Waals surface area contributed by atoms with E-state index in [0.29, 0.717) is 11.4 Å². The van der Waals surface area contributed by atoms with E-state index < -0.39 is 28.9 Å². The number of hydrogen-bond donors (Lipinski definition) is 3. The lowest BCUT2D eigenvalue weighted by atomic mass is 9.92. The summed E-state index contributed by atoms with van der Waals surface area (Å²) in [5.41, 5.74) is 5.70. The Bertz CT molecular complexity index is 1410. The summed E-state index contributed by atoms with van der Waals surface area (Å²) in [6.07, 6.45) is 1.45. The number of pyridine rings is 1. The molecule has 0 atom stereocenters. The van der Waals surface area contributed by atoms with Gasteiger partial charge in [-0.15, -0.1) is 0 Å². The van der Waals surface area contributed by atoms with Crippen LogP contribution >= 0.6 is 0 Å². The fourth-order valence-electron chi connectivity index (χ4n) is 3.25. The summed E-state index contributed by atoms with van der Waals surface area (Å²) in [6, 6.07) is 10.6. The number of carbonyl (C=O) groups excluding carboxylic acids is 1. The zero-order valence-corrected chi connectivity index (χ0v) is 19.6. The fraction of sp³-hybridized carbons (Fsp3) is 0.160. The second kappa shape index (κ2) is 9.61. The van der Waals surface area contributed by atoms with Crippen LogP contribution < -0.4 is 21.1 Å². The van der Waals surface area contributed by atoms with Crippen LogP contribution in [-0.4, -0.2) is 20.8 Å². The van der Waals surface area contributed by atoms with Gasteiger partial charge in [0.2, 0.25) is 0 Å². The van der Waals surface area contributed by atoms with Crippen molar-refractivity contribution in [3.63, 3.8) is 0 Å². The van der Waals surface area contributed by atoms with E-state index in [1.54, 1.807) is 12.1 Å². The van der Waals surface area contributed by atoms with E-state index >= 15 is 0 Å². The standard InChI is InChI=1S/C25H23F3N6O2/c1-25(2,3)21-13-23(34(33-21)16-9-14(26)8-15(27)10-16)32-24(35)31-20-5-4-17(11-19(20)28)36-18-6-7-30-22(29)12-18/h4-13H,1-3H3,(H2,29,30)(H2,31,32,35). The van der Waals surface area contributed by atoms with Crippen molar-refractivity contribution in [3.05, 3.63) is 83.9 Å². The molecular weight excluding hydrogens is 473 g/mol. The van der Waals surface area contributed by atoms with Gasteiger partial charge in [-0.1, -0.05) is 20.8 Å². The van der Waals surface area contributed by atoms with Crippen molar-refractivity contribution in [1.29, 1.82) is 0 Å². The molecule has 4 aromatic rings. The van der Waals surface area contributed by atoms with Crippen LogP contribution in [0.5, 0.6) is 11.5 Å². The number of halogens is 3. The number of nitrogen functional groups attached to an aromatic ring is 1. The minimum atomic E-state index is -0.799. The Morgan fingerprint density at radius 2 is 1.64 bits per heavy atom. The number of aromatic nitrogens is 3. The van der Waals surface area contributed by atoms with Crippen molar-refractivity contribution in [2.45, 2.75) is 26.2 Å². The SMILES string of the molecule is CC(C)(C)c1cc(NC(=O)Nc2ccc(Oc3ccnc(N)c3)cc2F)n(-c2cc(F)cc(F)c2)n1. The summed E-state index contributed by atoms with van der Waals surface area (Å²) in [4.78, 5) is 16.5. The molecule has 0 saturated heterocycles. The first-order valence-electron chi connectivity index (χ1n) is 10.8. The predicted molar refractivity (Wildman–Crippen MR) is 130 cm³/mol. The average Bonchev–Trinajstić information content (AvgIpc) is 3.19. The monoisotopic (exact) mass is 496 g/mol. The van der Waals surface area contributed by atoms with Gasteiger partial charge in [0.25, 0.3) is 0 Å². The van der Waals surface area contributed by atoms with Crippen LogP contribution in [0, 0.1) is 17.5 Å². The Kier molecular flexibility index (Phi) is 6.56. The molecule has 0 unspecified atom stereocenters. The Morgan fingerprint density at radius 1 is 0.944 bits per heavy atom. The van der Waals surface area contributed by atoms with Gasteiger partial charge in [0.15, 0.2) is 0 Å². The number of anilines is 3. The largest absolute Gasteiger partial charge is 0.457 e. The van der Waals surface area contributed by atoms with Crippen molar-refractivity contribution in [1.82, 2.24) is 14.8 Å². The van der Waals surface area contributed by atoms with Crippen LogP contribution in [0.3, 0.4) is 0 Å². The van der Waals surface area contributed by atoms with Gasteiger partial charge in [-0.05, 0) is 30.3 Å². The van der Waals surface area contributed by atoms with Crippen LogP contribution in [0.4, 0.5) is 35.3 Å². The van der Waals surface area contributed by atoms with Gasteiger partial charge in [0.1, 0.15) is 40.6 Å². The summed E-state index contributed by atoms with van der Waals surface area (Å²) >= 11 is 0. The molecule has 2 heterocycles. The van der Waals surface area contributed by atoms with Crippen LogP contribution in [-0.2, 0) is 5.41 Å². The minimum Gasteiger partial charge on any atom is -0.457 e. The first-order valence-corrected chi connectivity index (χ1v) is 10.8. The van der Waals surface area contributed by atoms with Gasteiger partial charge in [0, 0.05) is 35.9 Å². The third-order valence-electron chi connectivity index (χ3n) is 4.99. The van der Waals surface area contributed by atoms with Crippen LogP contribution in [0.2, 0.25) is 0 Å². The third-order valence-corrected chi connectivity index (χ3v) is 4.99. The highest BCUT2D eigenvalue weighted by molar-refractivity contribution is 5.99. The minimum absolute atomic E-state index is 0.0720. The molecule has 0 aliphatic heterocycles. The number of urea groups is 1. The van der Waals surface area contributed by atoms with Crippen molar-refractivity contribution in [2.24, 2.45) is 0 Å². The molecule has 8 nitrogen and oxygen atoms in total. The van der Waals surface area contributed by atoms with Crippen molar-refractivity contribution >= 4 is 23.4 Å². The molecule has 0 bridgehead atoms. The molecule has 4 N–H and O–H groups in total. The molecule has 0 fully saturated rings. The predicted octanol–water partition coefficient (Wildman–Crippen LogP) is 6.00. The van der Waals surface area contributed by atoms with Crippen molar-refractivity contribution < 1.29 is 22.7 Å². The molecule has 0 saturated carbocycles. The van der Waals surface area contributed by atoms with Crippen molar-refractivity contribution in [2.75, 3.05) is 16.4 Å². The summed E-state index contributed by atoms with van der Waals surface area (Å²) in [5.74, 6) is -1.40. The summed E-state index contributed by atoms with van der Waals surface area (Å²) in [7, 11) is 0. The fourth-order valence-corrected chi connectivity index (χ4v) is 3.25. The Hall–Kier alpha value is -4.54. The van der Waals surface area contributed by atoms with Crippen LogP contribution in [0.1, 0.15) is 26.5 Å². The van der Waals surface area contributed by atoms with E-state index in [4.69, 9.17) is 10.5 Å². The molecule has 2 aromatic carbocycles. The lowest BCUT2D eigenvalue weighted by molar-refractivity contribution is 0.262. The van der Waals surface area contributed by atoms with Gasteiger partial charge in [-0.2, -0.15) is 5.10 Å². The zero-order chi connectivity index (χ0) is 26.0. The second-order valence-corrected chi connectivity index (χ2v) is 8.94. The molecule has 2 amide bonds. The molecule has 0 spiro atoms. The van der Waals surface area contributed by atoms with Gasteiger partial charge in [-0.25, -0.2) is 27.6 Å². The normalized spacial score (nSPS) is 11.3. The van der Waals surface area contributed by atoms with Crippen molar-refractivity contribution in [3.8, 4) is 17.2 Å². The van der Waals surface area contributed by atoms with Gasteiger partial charge in [0.05, 0.1) is 17.1 Å². The highest BCUT2D eigenvalue weighted by atomic mass is 19.1. The maximum Gasteiger partial charge on any atom is 0.324 e. The number of nitrogens with one attached hydrogen (secondary N) is 2. The van der Waals surface area contributed by atoms with E-state index in [9.17, 15) is 18.0 Å². The van der Waals surface area contributed by atoms with Gasteiger partial charge in [-0.3, -0.25) is 5.32 Å². The molecule has 0 radical (unpaired) electrons. The van der Waals surface area contributed by atoms with E-state index in [-0.39, 0.29) is 28.8 Å². The summed E-state index contributed by atoms with van der Waals surface area (Å²) in [6.45, 7) is 5.69. The summed E-state index contributed by atoms with van der Waals surface area (Å²) in [5, 5.41) is 9.38. The number of amides is 2. The van der Waals surface area contributed by atoms with E-state index in [1.165, 1.54) is 29.1 Å². The van der Waals surface area contributed by atoms with E-state index in [2.05, 4.69) is 20.7 Å². The number of rotatable bonds is 5. The highest BCUT2D eigenvalue weighted by Gasteiger charge is 2.22.